The SMILES string of the molecule is CCCCCCC(Oc1cc(C)c(-c2ccc(OC(F)(F)F)cc2)c(C)c1)c1ccc(C(=O)CCCC(=O)O)cc1. The summed E-state index contributed by atoms with van der Waals surface area (Å²) in [6, 6.07) is 17.0. The monoisotopic (exact) mass is 570 g/mol. The van der Waals surface area contributed by atoms with Gasteiger partial charge in [0.1, 0.15) is 17.6 Å². The van der Waals surface area contributed by atoms with Crippen LogP contribution >= 0.6 is 0 Å². The number of rotatable bonds is 15. The molecule has 1 N–H and O–H groups in total. The van der Waals surface area contributed by atoms with Gasteiger partial charge in [0.15, 0.2) is 5.78 Å². The van der Waals surface area contributed by atoms with Gasteiger partial charge in [0.2, 0.25) is 0 Å². The molecule has 41 heavy (non-hydrogen) atoms. The maximum absolute atomic E-state index is 12.5. The molecule has 0 saturated carbocycles. The van der Waals surface area contributed by atoms with Crippen molar-refractivity contribution in [2.45, 2.75) is 84.6 Å². The van der Waals surface area contributed by atoms with Crippen molar-refractivity contribution in [3.05, 3.63) is 82.9 Å². The summed E-state index contributed by atoms with van der Waals surface area (Å²) in [7, 11) is 0. The molecule has 0 saturated heterocycles. The van der Waals surface area contributed by atoms with Gasteiger partial charge in [0, 0.05) is 18.4 Å². The van der Waals surface area contributed by atoms with Gasteiger partial charge in [-0.2, -0.15) is 0 Å². The van der Waals surface area contributed by atoms with E-state index in [1.165, 1.54) is 12.1 Å². The predicted octanol–water partition coefficient (Wildman–Crippen LogP) is 9.40. The molecule has 0 spiro atoms. The molecule has 0 heterocycles. The Labute approximate surface area is 239 Å². The van der Waals surface area contributed by atoms with Crippen molar-refractivity contribution in [2.24, 2.45) is 0 Å². The number of benzene rings is 3. The van der Waals surface area contributed by atoms with E-state index in [-0.39, 0.29) is 30.5 Å². The lowest BCUT2D eigenvalue weighted by molar-refractivity contribution is -0.274. The van der Waals surface area contributed by atoms with Crippen LogP contribution in [0.15, 0.2) is 60.7 Å². The van der Waals surface area contributed by atoms with E-state index in [1.807, 2.05) is 38.1 Å². The number of aliphatic carboxylic acids is 1. The molecule has 0 fully saturated rings. The zero-order valence-corrected chi connectivity index (χ0v) is 23.7. The van der Waals surface area contributed by atoms with Crippen molar-refractivity contribution in [2.75, 3.05) is 0 Å². The summed E-state index contributed by atoms with van der Waals surface area (Å²) in [4.78, 5) is 23.2. The smallest absolute Gasteiger partial charge is 0.486 e. The molecular formula is C33H37F3O5. The summed E-state index contributed by atoms with van der Waals surface area (Å²) in [5.74, 6) is -0.577. The van der Waals surface area contributed by atoms with E-state index in [2.05, 4.69) is 11.7 Å². The van der Waals surface area contributed by atoms with E-state index in [0.717, 1.165) is 59.9 Å². The highest BCUT2D eigenvalue weighted by Crippen LogP contribution is 2.35. The van der Waals surface area contributed by atoms with E-state index in [0.29, 0.717) is 17.7 Å². The normalized spacial score (nSPS) is 12.1. The van der Waals surface area contributed by atoms with Crippen LogP contribution in [0, 0.1) is 13.8 Å². The number of Topliss-reactive ketones (excluding diaryl/α,β-unsaturated/α-hetero) is 1. The number of carbonyl (C=O) groups is 2. The average molecular weight is 571 g/mol. The summed E-state index contributed by atoms with van der Waals surface area (Å²) < 4.78 is 48.1. The van der Waals surface area contributed by atoms with Crippen molar-refractivity contribution < 1.29 is 37.3 Å². The molecule has 8 heteroatoms. The van der Waals surface area contributed by atoms with Crippen LogP contribution < -0.4 is 9.47 Å². The molecule has 0 aromatic heterocycles. The molecule has 3 rings (SSSR count). The summed E-state index contributed by atoms with van der Waals surface area (Å²) in [5.41, 5.74) is 5.05. The van der Waals surface area contributed by atoms with Crippen molar-refractivity contribution in [3.63, 3.8) is 0 Å². The summed E-state index contributed by atoms with van der Waals surface area (Å²) in [5, 5.41) is 8.81. The number of carboxylic acid groups (broad SMARTS) is 1. The van der Waals surface area contributed by atoms with E-state index in [9.17, 15) is 22.8 Å². The van der Waals surface area contributed by atoms with Crippen molar-refractivity contribution in [1.82, 2.24) is 0 Å². The molecule has 0 bridgehead atoms. The number of carbonyl (C=O) groups excluding carboxylic acids is 1. The molecular weight excluding hydrogens is 533 g/mol. The van der Waals surface area contributed by atoms with Gasteiger partial charge in [-0.25, -0.2) is 0 Å². The summed E-state index contributed by atoms with van der Waals surface area (Å²) in [6.07, 6.45) is 0.606. The fourth-order valence-corrected chi connectivity index (χ4v) is 4.91. The predicted molar refractivity (Wildman–Crippen MR) is 152 cm³/mol. The lowest BCUT2D eigenvalue weighted by Crippen LogP contribution is -2.16. The Morgan fingerprint density at radius 2 is 1.46 bits per heavy atom. The molecule has 5 nitrogen and oxygen atoms in total. The molecule has 0 aliphatic carbocycles. The third kappa shape index (κ3) is 9.95. The second-order valence-corrected chi connectivity index (χ2v) is 10.3. The molecule has 220 valence electrons. The Morgan fingerprint density at radius 1 is 0.829 bits per heavy atom. The van der Waals surface area contributed by atoms with Crippen LogP contribution in [0.4, 0.5) is 13.2 Å². The molecule has 0 aliphatic rings. The molecule has 1 atom stereocenters. The third-order valence-electron chi connectivity index (χ3n) is 6.88. The van der Waals surface area contributed by atoms with Crippen LogP contribution in [-0.4, -0.2) is 23.2 Å². The van der Waals surface area contributed by atoms with Gasteiger partial charge in [-0.1, -0.05) is 62.6 Å². The van der Waals surface area contributed by atoms with Gasteiger partial charge < -0.3 is 14.6 Å². The first kappa shape index (κ1) is 31.7. The van der Waals surface area contributed by atoms with Crippen molar-refractivity contribution in [3.8, 4) is 22.6 Å². The number of hydrogen-bond acceptors (Lipinski definition) is 4. The first-order chi connectivity index (χ1) is 19.5. The molecule has 3 aromatic carbocycles. The van der Waals surface area contributed by atoms with Gasteiger partial charge in [-0.3, -0.25) is 9.59 Å². The van der Waals surface area contributed by atoms with E-state index >= 15 is 0 Å². The van der Waals surface area contributed by atoms with Crippen LogP contribution in [0.2, 0.25) is 0 Å². The highest BCUT2D eigenvalue weighted by Gasteiger charge is 2.31. The largest absolute Gasteiger partial charge is 0.573 e. The highest BCUT2D eigenvalue weighted by molar-refractivity contribution is 5.96. The topological polar surface area (TPSA) is 72.8 Å². The molecule has 1 unspecified atom stereocenters. The van der Waals surface area contributed by atoms with Crippen LogP contribution in [0.5, 0.6) is 11.5 Å². The number of hydrogen-bond donors (Lipinski definition) is 1. The maximum atomic E-state index is 12.5. The van der Waals surface area contributed by atoms with Crippen molar-refractivity contribution >= 4 is 11.8 Å². The third-order valence-corrected chi connectivity index (χ3v) is 6.88. The van der Waals surface area contributed by atoms with Gasteiger partial charge in [0.05, 0.1) is 0 Å². The van der Waals surface area contributed by atoms with E-state index < -0.39 is 12.3 Å². The van der Waals surface area contributed by atoms with Crippen LogP contribution in [0.3, 0.4) is 0 Å². The summed E-state index contributed by atoms with van der Waals surface area (Å²) in [6.45, 7) is 6.04. The standard InChI is InChI=1S/C33H37F3O5/c1-4-5-6-7-10-30(25-14-12-24(13-15-25)29(37)9-8-11-31(38)39)40-28-20-22(2)32(23(3)21-28)26-16-18-27(19-17-26)41-33(34,35)36/h12-21,30H,4-11H2,1-3H3,(H,38,39). The molecule has 0 radical (unpaired) electrons. The summed E-state index contributed by atoms with van der Waals surface area (Å²) >= 11 is 0. The minimum atomic E-state index is -4.74. The first-order valence-electron chi connectivity index (χ1n) is 14.0. The average Bonchev–Trinajstić information content (AvgIpc) is 2.90. The second kappa shape index (κ2) is 14.7. The lowest BCUT2D eigenvalue weighted by Gasteiger charge is -2.22. The fourth-order valence-electron chi connectivity index (χ4n) is 4.91. The van der Waals surface area contributed by atoms with Crippen LogP contribution in [-0.2, 0) is 4.79 Å². The first-order valence-corrected chi connectivity index (χ1v) is 14.0. The Morgan fingerprint density at radius 3 is 2.02 bits per heavy atom. The number of ether oxygens (including phenoxy) is 2. The quantitative estimate of drug-likeness (QED) is 0.146. The van der Waals surface area contributed by atoms with Gasteiger partial charge in [-0.05, 0) is 85.2 Å². The zero-order chi connectivity index (χ0) is 30.0. The Kier molecular flexibility index (Phi) is 11.4. The Bertz CT molecular complexity index is 1270. The van der Waals surface area contributed by atoms with E-state index in [1.54, 1.807) is 24.3 Å². The lowest BCUT2D eigenvalue weighted by atomic mass is 9.95. The highest BCUT2D eigenvalue weighted by atomic mass is 19.4. The van der Waals surface area contributed by atoms with Gasteiger partial charge in [0.25, 0.3) is 0 Å². The van der Waals surface area contributed by atoms with Gasteiger partial charge in [-0.15, -0.1) is 13.2 Å². The van der Waals surface area contributed by atoms with E-state index in [4.69, 9.17) is 9.84 Å². The Hall–Kier alpha value is -3.81. The number of unbranched alkanes of at least 4 members (excludes halogenated alkanes) is 3. The molecule has 0 aliphatic heterocycles. The Balaban J connectivity index is 1.78. The maximum Gasteiger partial charge on any atom is 0.573 e. The minimum absolute atomic E-state index is 0.0348. The number of carboxylic acids is 1. The zero-order valence-electron chi connectivity index (χ0n) is 23.7. The molecule has 3 aromatic rings. The van der Waals surface area contributed by atoms with Crippen LogP contribution in [0.1, 0.15) is 91.4 Å². The number of halogens is 3. The minimum Gasteiger partial charge on any atom is -0.486 e. The number of alkyl halides is 3. The number of ketones is 1. The van der Waals surface area contributed by atoms with Gasteiger partial charge >= 0.3 is 12.3 Å². The van der Waals surface area contributed by atoms with Crippen molar-refractivity contribution in [1.29, 1.82) is 0 Å². The second-order valence-electron chi connectivity index (χ2n) is 10.3. The molecule has 0 amide bonds. The number of aryl methyl sites for hydroxylation is 2. The van der Waals surface area contributed by atoms with Crippen LogP contribution in [0.25, 0.3) is 11.1 Å². The fraction of sp³-hybridized carbons (Fsp3) is 0.394.